The van der Waals surface area contributed by atoms with E-state index in [1.165, 1.54) is 12.0 Å². The number of urea groups is 1. The van der Waals surface area contributed by atoms with Gasteiger partial charge in [-0.25, -0.2) is 14.5 Å². The van der Waals surface area contributed by atoms with Gasteiger partial charge in [0.2, 0.25) is 17.7 Å². The summed E-state index contributed by atoms with van der Waals surface area (Å²) < 4.78 is 17.2. The summed E-state index contributed by atoms with van der Waals surface area (Å²) >= 11 is 2.10. The third-order valence-electron chi connectivity index (χ3n) is 8.34. The van der Waals surface area contributed by atoms with Crippen molar-refractivity contribution in [2.75, 3.05) is 38.4 Å². The van der Waals surface area contributed by atoms with Gasteiger partial charge in [-0.2, -0.15) is 0 Å². The quantitative estimate of drug-likeness (QED) is 0.178. The number of methoxy groups -OCH3 is 1. The molecule has 1 fully saturated rings. The van der Waals surface area contributed by atoms with Gasteiger partial charge in [0.1, 0.15) is 30.7 Å². The zero-order valence-electron chi connectivity index (χ0n) is 29.2. The zero-order valence-corrected chi connectivity index (χ0v) is 31.4. The van der Waals surface area contributed by atoms with Crippen molar-refractivity contribution >= 4 is 64.1 Å². The summed E-state index contributed by atoms with van der Waals surface area (Å²) in [5, 5.41) is 7.31. The molecule has 15 heteroatoms. The van der Waals surface area contributed by atoms with Crippen molar-refractivity contribution in [3.05, 3.63) is 81.4 Å². The van der Waals surface area contributed by atoms with E-state index in [-0.39, 0.29) is 25.5 Å². The van der Waals surface area contributed by atoms with Crippen LogP contribution in [-0.4, -0.2) is 85.8 Å². The van der Waals surface area contributed by atoms with Crippen molar-refractivity contribution in [2.24, 2.45) is 0 Å². The summed E-state index contributed by atoms with van der Waals surface area (Å²) in [4.78, 5) is 80.1. The van der Waals surface area contributed by atoms with Crippen LogP contribution in [0.5, 0.6) is 5.75 Å². The first-order chi connectivity index (χ1) is 24.8. The summed E-state index contributed by atoms with van der Waals surface area (Å²) in [5.74, 6) is -2.61. The number of carbonyl (C=O) groups is 6. The normalized spacial score (nSPS) is 14.6. The lowest BCUT2D eigenvalue weighted by molar-refractivity contribution is -0.156. The number of alkyl carbamates (subject to hydrolysis) is 1. The van der Waals surface area contributed by atoms with Gasteiger partial charge in [0.05, 0.1) is 25.8 Å². The maximum absolute atomic E-state index is 13.3. The fourth-order valence-corrected chi connectivity index (χ4v) is 6.48. The molecule has 1 aliphatic carbocycles. The van der Waals surface area contributed by atoms with Crippen LogP contribution in [0.2, 0.25) is 0 Å². The first kappa shape index (κ1) is 38.1. The molecule has 1 aliphatic heterocycles. The van der Waals surface area contributed by atoms with E-state index in [9.17, 15) is 28.8 Å². The first-order valence-corrected chi connectivity index (χ1v) is 17.7. The molecule has 0 spiro atoms. The fraction of sp³-hybridized carbons (Fsp3) is 0.351. The molecular weight excluding hydrogens is 785 g/mol. The number of hydrogen-bond donors (Lipinski definition) is 3. The second-order valence-corrected chi connectivity index (χ2v) is 14.4. The summed E-state index contributed by atoms with van der Waals surface area (Å²) in [7, 11) is 1.48. The van der Waals surface area contributed by atoms with Crippen LogP contribution in [0.4, 0.5) is 15.3 Å². The molecule has 274 valence electrons. The number of fused-ring (bicyclic) bond motifs is 3. The number of esters is 1. The van der Waals surface area contributed by atoms with Crippen LogP contribution in [0.25, 0.3) is 11.1 Å². The van der Waals surface area contributed by atoms with E-state index in [1.54, 1.807) is 32.9 Å². The molecule has 1 atom stereocenters. The molecule has 3 N–H and O–H groups in total. The van der Waals surface area contributed by atoms with Gasteiger partial charge in [0.15, 0.2) is 0 Å². The maximum atomic E-state index is 13.3. The van der Waals surface area contributed by atoms with E-state index in [2.05, 4.69) is 38.5 Å². The zero-order chi connectivity index (χ0) is 37.6. The third-order valence-corrected chi connectivity index (χ3v) is 9.02. The minimum atomic E-state index is -1.44. The summed E-state index contributed by atoms with van der Waals surface area (Å²) in [6.45, 7) is 4.07. The molecule has 1 saturated heterocycles. The Morgan fingerprint density at radius 3 is 2.23 bits per heavy atom. The van der Waals surface area contributed by atoms with E-state index < -0.39 is 67.1 Å². The van der Waals surface area contributed by atoms with Crippen molar-refractivity contribution in [3.63, 3.8) is 0 Å². The summed E-state index contributed by atoms with van der Waals surface area (Å²) in [6, 6.07) is 18.9. The van der Waals surface area contributed by atoms with Gasteiger partial charge in [-0.3, -0.25) is 24.1 Å². The Bertz CT molecular complexity index is 1830. The molecule has 0 saturated carbocycles. The van der Waals surface area contributed by atoms with E-state index in [4.69, 9.17) is 14.2 Å². The average molecular weight is 826 g/mol. The van der Waals surface area contributed by atoms with Gasteiger partial charge in [0.25, 0.3) is 0 Å². The number of benzene rings is 3. The lowest BCUT2D eigenvalue weighted by Gasteiger charge is -2.34. The molecule has 0 radical (unpaired) electrons. The van der Waals surface area contributed by atoms with E-state index in [0.29, 0.717) is 11.4 Å². The first-order valence-electron chi connectivity index (χ1n) is 16.6. The Morgan fingerprint density at radius 2 is 1.60 bits per heavy atom. The van der Waals surface area contributed by atoms with Crippen molar-refractivity contribution in [2.45, 2.75) is 51.2 Å². The summed E-state index contributed by atoms with van der Waals surface area (Å²) in [5.41, 5.74) is 3.72. The molecular formula is C37H40IN5O9. The van der Waals surface area contributed by atoms with Crippen LogP contribution in [-0.2, 0) is 28.7 Å². The Balaban J connectivity index is 1.18. The highest BCUT2D eigenvalue weighted by Gasteiger charge is 2.35. The molecule has 0 aromatic heterocycles. The van der Waals surface area contributed by atoms with E-state index >= 15 is 0 Å². The Hall–Kier alpha value is -5.19. The Morgan fingerprint density at radius 1 is 0.942 bits per heavy atom. The number of carbonyl (C=O) groups excluding carboxylic acids is 6. The lowest BCUT2D eigenvalue weighted by atomic mass is 9.98. The largest absolute Gasteiger partial charge is 0.495 e. The molecule has 0 unspecified atom stereocenters. The number of imide groups is 1. The number of nitrogens with zero attached hydrogens (tertiary/aromatic N) is 2. The lowest BCUT2D eigenvalue weighted by Crippen LogP contribution is -2.56. The van der Waals surface area contributed by atoms with Crippen LogP contribution >= 0.6 is 22.6 Å². The van der Waals surface area contributed by atoms with Crippen LogP contribution in [0, 0.1) is 3.57 Å². The molecule has 2 aliphatic rings. The molecule has 3 aromatic rings. The topological polar surface area (TPSA) is 173 Å². The SMILES string of the molecule is COc1ccc(I)cc1N1CCC(=O)N(CNC(=O)CNC(=O)[C@H](CC(=O)OC(C)(C)C)NC(=O)OCC2c3ccccc3-c3ccccc32)C1=O. The number of nitrogens with one attached hydrogen (secondary N) is 3. The Kier molecular flexibility index (Phi) is 12.0. The van der Waals surface area contributed by atoms with Crippen LogP contribution in [0.15, 0.2) is 66.7 Å². The monoisotopic (exact) mass is 825 g/mol. The number of ether oxygens (including phenoxy) is 3. The van der Waals surface area contributed by atoms with Gasteiger partial charge in [-0.15, -0.1) is 0 Å². The van der Waals surface area contributed by atoms with Gasteiger partial charge in [-0.05, 0) is 83.8 Å². The number of amides is 6. The van der Waals surface area contributed by atoms with Crippen molar-refractivity contribution in [1.82, 2.24) is 20.9 Å². The van der Waals surface area contributed by atoms with Gasteiger partial charge >= 0.3 is 18.1 Å². The number of halogens is 1. The average Bonchev–Trinajstić information content (AvgIpc) is 3.42. The van der Waals surface area contributed by atoms with Crippen LogP contribution in [0.1, 0.15) is 50.7 Å². The van der Waals surface area contributed by atoms with Crippen molar-refractivity contribution in [3.8, 4) is 16.9 Å². The minimum absolute atomic E-state index is 0.0147. The van der Waals surface area contributed by atoms with Crippen LogP contribution in [0.3, 0.4) is 0 Å². The van der Waals surface area contributed by atoms with Gasteiger partial charge in [-0.1, -0.05) is 48.5 Å². The molecule has 0 bridgehead atoms. The smallest absolute Gasteiger partial charge is 0.407 e. The molecule has 6 amide bonds. The molecule has 1 heterocycles. The summed E-state index contributed by atoms with van der Waals surface area (Å²) in [6.07, 6.45) is -1.46. The number of rotatable bonds is 12. The molecule has 14 nitrogen and oxygen atoms in total. The second kappa shape index (κ2) is 16.4. The fourth-order valence-electron chi connectivity index (χ4n) is 6.01. The van der Waals surface area contributed by atoms with Crippen LogP contribution < -0.4 is 25.6 Å². The predicted octanol–water partition coefficient (Wildman–Crippen LogP) is 4.29. The van der Waals surface area contributed by atoms with E-state index in [0.717, 1.165) is 30.7 Å². The van der Waals surface area contributed by atoms with Gasteiger partial charge in [0, 0.05) is 22.5 Å². The maximum Gasteiger partial charge on any atom is 0.407 e. The third kappa shape index (κ3) is 9.18. The molecule has 5 rings (SSSR count). The van der Waals surface area contributed by atoms with Crippen molar-refractivity contribution in [1.29, 1.82) is 0 Å². The van der Waals surface area contributed by atoms with E-state index in [1.807, 2.05) is 54.6 Å². The standard InChI is InChI=1S/C37H40IN5O9/c1-37(2,3)52-33(46)18-28(41-35(48)51-20-27-25-11-7-5-9-23(25)24-10-6-8-12-26(24)27)34(47)39-19-31(44)40-21-43-32(45)15-16-42(36(43)49)29-17-22(38)13-14-30(29)50-4/h5-14,17,27-28H,15-16,18-21H2,1-4H3,(H,39,47)(H,40,44)(H,41,48)/t28-/m0/s1. The number of hydrogen-bond acceptors (Lipinski definition) is 9. The highest BCUT2D eigenvalue weighted by Crippen LogP contribution is 2.44. The predicted molar refractivity (Wildman–Crippen MR) is 198 cm³/mol. The minimum Gasteiger partial charge on any atom is -0.495 e. The van der Waals surface area contributed by atoms with Crippen molar-refractivity contribution < 1.29 is 43.0 Å². The highest BCUT2D eigenvalue weighted by molar-refractivity contribution is 14.1. The highest BCUT2D eigenvalue weighted by atomic mass is 127. The Labute approximate surface area is 314 Å². The van der Waals surface area contributed by atoms with Gasteiger partial charge < -0.3 is 30.2 Å². The number of anilines is 1. The molecule has 3 aromatic carbocycles. The molecule has 52 heavy (non-hydrogen) atoms. The second-order valence-electron chi connectivity index (χ2n) is 13.1.